The third kappa shape index (κ3) is 1.29. The lowest BCUT2D eigenvalue weighted by Gasteiger charge is -1.97. The van der Waals surface area contributed by atoms with E-state index in [1.807, 2.05) is 12.1 Å². The van der Waals surface area contributed by atoms with E-state index in [0.29, 0.717) is 0 Å². The lowest BCUT2D eigenvalue weighted by Crippen LogP contribution is -1.84. The third-order valence-electron chi connectivity index (χ3n) is 1.87. The average Bonchev–Trinajstić information content (AvgIpc) is 2.28. The van der Waals surface area contributed by atoms with Crippen LogP contribution in [0.25, 0.3) is 0 Å². The van der Waals surface area contributed by atoms with Gasteiger partial charge in [-0.15, -0.1) is 0 Å². The van der Waals surface area contributed by atoms with Crippen molar-refractivity contribution < 1.29 is 0 Å². The Bertz CT molecular complexity index is 279. The number of benzene rings is 1. The van der Waals surface area contributed by atoms with Crippen molar-refractivity contribution in [3.8, 4) is 0 Å². The van der Waals surface area contributed by atoms with E-state index in [9.17, 15) is 0 Å². The van der Waals surface area contributed by atoms with E-state index in [1.54, 1.807) is 0 Å². The Labute approximate surface area is 66.0 Å². The highest BCUT2D eigenvalue weighted by molar-refractivity contribution is 5.45. The van der Waals surface area contributed by atoms with Crippen LogP contribution in [0.15, 0.2) is 34.5 Å². The summed E-state index contributed by atoms with van der Waals surface area (Å²) in [6.45, 7) is 0.870. The van der Waals surface area contributed by atoms with Crippen molar-refractivity contribution in [1.82, 2.24) is 0 Å². The minimum atomic E-state index is 0.870. The summed E-state index contributed by atoms with van der Waals surface area (Å²) in [5.41, 5.74) is 2.37. The van der Waals surface area contributed by atoms with Gasteiger partial charge in [-0.2, -0.15) is 10.2 Å². The molecule has 0 spiro atoms. The first kappa shape index (κ1) is 6.53. The minimum Gasteiger partial charge on any atom is -0.189 e. The Balaban J connectivity index is 2.45. The third-order valence-corrected chi connectivity index (χ3v) is 1.87. The topological polar surface area (TPSA) is 24.7 Å². The second kappa shape index (κ2) is 2.82. The van der Waals surface area contributed by atoms with Crippen molar-refractivity contribution in [2.75, 3.05) is 6.54 Å². The molecule has 0 radical (unpaired) electrons. The molecule has 1 heterocycles. The number of aryl methyl sites for hydroxylation is 1. The molecule has 11 heavy (non-hydrogen) atoms. The van der Waals surface area contributed by atoms with Gasteiger partial charge in [0.1, 0.15) is 0 Å². The van der Waals surface area contributed by atoms with E-state index in [-0.39, 0.29) is 0 Å². The number of fused-ring (bicyclic) bond motifs is 1. The molecular formula is C9H10N2. The summed E-state index contributed by atoms with van der Waals surface area (Å²) in [5, 5.41) is 8.15. The Morgan fingerprint density at radius 3 is 3.09 bits per heavy atom. The summed E-state index contributed by atoms with van der Waals surface area (Å²) >= 11 is 0. The normalized spacial score (nSPS) is 15.6. The quantitative estimate of drug-likeness (QED) is 0.537. The van der Waals surface area contributed by atoms with Gasteiger partial charge in [-0.3, -0.25) is 0 Å². The van der Waals surface area contributed by atoms with Crippen molar-refractivity contribution in [3.05, 3.63) is 29.8 Å². The molecule has 2 rings (SSSR count). The van der Waals surface area contributed by atoms with Gasteiger partial charge in [0, 0.05) is 0 Å². The molecule has 0 fully saturated rings. The van der Waals surface area contributed by atoms with E-state index in [2.05, 4.69) is 22.4 Å². The maximum absolute atomic E-state index is 4.11. The molecule has 56 valence electrons. The molecule has 2 nitrogen and oxygen atoms in total. The molecule has 0 N–H and O–H groups in total. The lowest BCUT2D eigenvalue weighted by atomic mass is 10.1. The van der Waals surface area contributed by atoms with Crippen LogP contribution in [0.3, 0.4) is 0 Å². The molecule has 1 aliphatic heterocycles. The predicted octanol–water partition coefficient (Wildman–Crippen LogP) is 2.72. The first-order valence-electron chi connectivity index (χ1n) is 3.92. The maximum atomic E-state index is 4.11. The van der Waals surface area contributed by atoms with Gasteiger partial charge in [-0.25, -0.2) is 0 Å². The van der Waals surface area contributed by atoms with E-state index in [4.69, 9.17) is 0 Å². The van der Waals surface area contributed by atoms with Crippen LogP contribution in [-0.4, -0.2) is 6.54 Å². The van der Waals surface area contributed by atoms with Gasteiger partial charge in [0.25, 0.3) is 0 Å². The van der Waals surface area contributed by atoms with Crippen LogP contribution in [-0.2, 0) is 6.42 Å². The number of azo groups is 1. The molecule has 1 aromatic rings. The van der Waals surface area contributed by atoms with E-state index >= 15 is 0 Å². The Morgan fingerprint density at radius 1 is 1.18 bits per heavy atom. The fraction of sp³-hybridized carbons (Fsp3) is 0.333. The summed E-state index contributed by atoms with van der Waals surface area (Å²) in [7, 11) is 0. The van der Waals surface area contributed by atoms with Gasteiger partial charge >= 0.3 is 0 Å². The maximum Gasteiger partial charge on any atom is 0.0884 e. The molecule has 0 atom stereocenters. The Morgan fingerprint density at radius 2 is 2.09 bits per heavy atom. The van der Waals surface area contributed by atoms with Crippen molar-refractivity contribution in [3.63, 3.8) is 0 Å². The zero-order chi connectivity index (χ0) is 7.52. The summed E-state index contributed by atoms with van der Waals surface area (Å²) in [4.78, 5) is 0. The SMILES string of the molecule is c1ccc2c(c1)CCCN=N2. The fourth-order valence-electron chi connectivity index (χ4n) is 1.29. The summed E-state index contributed by atoms with van der Waals surface area (Å²) in [6.07, 6.45) is 2.24. The van der Waals surface area contributed by atoms with Gasteiger partial charge in [-0.05, 0) is 24.5 Å². The number of nitrogens with zero attached hydrogens (tertiary/aromatic N) is 2. The number of hydrogen-bond acceptors (Lipinski definition) is 2. The monoisotopic (exact) mass is 146 g/mol. The van der Waals surface area contributed by atoms with Gasteiger partial charge in [0.05, 0.1) is 12.2 Å². The van der Waals surface area contributed by atoms with Crippen molar-refractivity contribution in [2.45, 2.75) is 12.8 Å². The summed E-state index contributed by atoms with van der Waals surface area (Å²) < 4.78 is 0. The average molecular weight is 146 g/mol. The molecule has 1 aromatic carbocycles. The highest BCUT2D eigenvalue weighted by atomic mass is 15.1. The Hall–Kier alpha value is -1.18. The summed E-state index contributed by atoms with van der Waals surface area (Å²) in [5.74, 6) is 0. The predicted molar refractivity (Wildman–Crippen MR) is 44.1 cm³/mol. The molecule has 0 saturated heterocycles. The highest BCUT2D eigenvalue weighted by Crippen LogP contribution is 2.22. The Kier molecular flexibility index (Phi) is 1.68. The van der Waals surface area contributed by atoms with Crippen LogP contribution in [0, 0.1) is 0 Å². The lowest BCUT2D eigenvalue weighted by molar-refractivity contribution is 0.828. The van der Waals surface area contributed by atoms with Crippen LogP contribution in [0.5, 0.6) is 0 Å². The largest absolute Gasteiger partial charge is 0.189 e. The second-order valence-corrected chi connectivity index (χ2v) is 2.70. The van der Waals surface area contributed by atoms with Crippen LogP contribution in [0.4, 0.5) is 5.69 Å². The van der Waals surface area contributed by atoms with Gasteiger partial charge in [0.15, 0.2) is 0 Å². The van der Waals surface area contributed by atoms with Gasteiger partial charge in [0.2, 0.25) is 0 Å². The highest BCUT2D eigenvalue weighted by Gasteiger charge is 2.02. The van der Waals surface area contributed by atoms with Crippen molar-refractivity contribution >= 4 is 5.69 Å². The number of rotatable bonds is 0. The second-order valence-electron chi connectivity index (χ2n) is 2.70. The molecule has 0 saturated carbocycles. The summed E-state index contributed by atoms with van der Waals surface area (Å²) in [6, 6.07) is 8.20. The molecule has 1 aliphatic rings. The first-order valence-corrected chi connectivity index (χ1v) is 3.92. The standard InChI is InChI=1S/C9H10N2/c1-2-6-9-8(4-1)5-3-7-10-11-9/h1-2,4,6H,3,5,7H2. The van der Waals surface area contributed by atoms with Crippen molar-refractivity contribution in [1.29, 1.82) is 0 Å². The van der Waals surface area contributed by atoms with Crippen LogP contribution in [0.2, 0.25) is 0 Å². The zero-order valence-corrected chi connectivity index (χ0v) is 6.33. The number of hydrogen-bond donors (Lipinski definition) is 0. The van der Waals surface area contributed by atoms with E-state index in [1.165, 1.54) is 5.56 Å². The molecule has 0 aliphatic carbocycles. The molecule has 0 amide bonds. The molecular weight excluding hydrogens is 136 g/mol. The van der Waals surface area contributed by atoms with Crippen LogP contribution < -0.4 is 0 Å². The molecule has 2 heteroatoms. The van der Waals surface area contributed by atoms with Crippen LogP contribution >= 0.6 is 0 Å². The van der Waals surface area contributed by atoms with Gasteiger partial charge in [-0.1, -0.05) is 18.2 Å². The van der Waals surface area contributed by atoms with Crippen LogP contribution in [0.1, 0.15) is 12.0 Å². The minimum absolute atomic E-state index is 0.870. The molecule has 0 unspecified atom stereocenters. The van der Waals surface area contributed by atoms with E-state index in [0.717, 1.165) is 25.1 Å². The van der Waals surface area contributed by atoms with Crippen molar-refractivity contribution in [2.24, 2.45) is 10.2 Å². The zero-order valence-electron chi connectivity index (χ0n) is 6.33. The molecule has 0 aromatic heterocycles. The molecule has 0 bridgehead atoms. The smallest absolute Gasteiger partial charge is 0.0884 e. The van der Waals surface area contributed by atoms with E-state index < -0.39 is 0 Å². The fourth-order valence-corrected chi connectivity index (χ4v) is 1.29. The first-order chi connectivity index (χ1) is 5.47. The van der Waals surface area contributed by atoms with Gasteiger partial charge < -0.3 is 0 Å².